The molecule has 31 heavy (non-hydrogen) atoms. The highest BCUT2D eigenvalue weighted by molar-refractivity contribution is 7.89. The van der Waals surface area contributed by atoms with E-state index in [1.807, 2.05) is 0 Å². The summed E-state index contributed by atoms with van der Waals surface area (Å²) in [7, 11) is -0.785. The van der Waals surface area contributed by atoms with Crippen molar-refractivity contribution in [3.05, 3.63) is 59.7 Å². The normalized spacial score (nSPS) is 11.8. The molecule has 0 aliphatic rings. The van der Waals surface area contributed by atoms with Crippen LogP contribution in [0.1, 0.15) is 18.1 Å². The number of nitrogens with zero attached hydrogens (tertiary/aromatic N) is 1. The number of alkyl halides is 2. The molecule has 0 bridgehead atoms. The first-order chi connectivity index (χ1) is 14.6. The van der Waals surface area contributed by atoms with Crippen molar-refractivity contribution in [2.24, 2.45) is 0 Å². The minimum absolute atomic E-state index is 0.0117. The number of ether oxygens (including phenoxy) is 2. The van der Waals surface area contributed by atoms with Crippen LogP contribution in [0.2, 0.25) is 0 Å². The predicted molar refractivity (Wildman–Crippen MR) is 112 cm³/mol. The fraction of sp³-hybridized carbons (Fsp3) is 0.286. The van der Waals surface area contributed by atoms with Crippen molar-refractivity contribution in [1.29, 1.82) is 0 Å². The smallest absolute Gasteiger partial charge is 0.387 e. The third-order valence-corrected chi connectivity index (χ3v) is 6.01. The summed E-state index contributed by atoms with van der Waals surface area (Å²) in [6, 6.07) is 10.7. The summed E-state index contributed by atoms with van der Waals surface area (Å²) in [5.74, 6) is -0.423. The predicted octanol–water partition coefficient (Wildman–Crippen LogP) is 3.27. The number of carbonyl (C=O) groups excluding carboxylic acids is 1. The van der Waals surface area contributed by atoms with Crippen LogP contribution < -0.4 is 14.8 Å². The Labute approximate surface area is 180 Å². The van der Waals surface area contributed by atoms with E-state index in [-0.39, 0.29) is 29.5 Å². The highest BCUT2D eigenvalue weighted by atomic mass is 32.2. The molecule has 0 saturated carbocycles. The van der Waals surface area contributed by atoms with Crippen molar-refractivity contribution in [2.45, 2.75) is 25.0 Å². The molecule has 0 saturated heterocycles. The molecule has 7 nitrogen and oxygen atoms in total. The SMILES string of the molecule is CCOc1cc(/C=C/C(=O)NCc2ccccc2S(=O)(=O)N(C)C)ccc1OC(F)F. The van der Waals surface area contributed by atoms with Gasteiger partial charge in [-0.15, -0.1) is 0 Å². The molecule has 0 unspecified atom stereocenters. The third-order valence-electron chi connectivity index (χ3n) is 4.10. The van der Waals surface area contributed by atoms with Crippen molar-refractivity contribution >= 4 is 22.0 Å². The zero-order chi connectivity index (χ0) is 23.0. The Morgan fingerprint density at radius 3 is 2.52 bits per heavy atom. The lowest BCUT2D eigenvalue weighted by molar-refractivity contribution is -0.116. The summed E-state index contributed by atoms with van der Waals surface area (Å²) in [6.45, 7) is -1.01. The molecule has 0 aliphatic heterocycles. The molecule has 2 rings (SSSR count). The second-order valence-electron chi connectivity index (χ2n) is 6.46. The van der Waals surface area contributed by atoms with E-state index in [9.17, 15) is 22.0 Å². The van der Waals surface area contributed by atoms with Crippen LogP contribution >= 0.6 is 0 Å². The maximum Gasteiger partial charge on any atom is 0.387 e. The number of halogens is 2. The lowest BCUT2D eigenvalue weighted by Crippen LogP contribution is -2.26. The van der Waals surface area contributed by atoms with E-state index in [4.69, 9.17) is 4.74 Å². The molecule has 168 valence electrons. The van der Waals surface area contributed by atoms with Gasteiger partial charge in [0, 0.05) is 26.7 Å². The number of nitrogens with one attached hydrogen (secondary N) is 1. The van der Waals surface area contributed by atoms with Crippen LogP contribution in [-0.2, 0) is 21.4 Å². The van der Waals surface area contributed by atoms with E-state index in [0.29, 0.717) is 11.1 Å². The summed E-state index contributed by atoms with van der Waals surface area (Å²) >= 11 is 0. The molecular weight excluding hydrogens is 430 g/mol. The third kappa shape index (κ3) is 6.76. The highest BCUT2D eigenvalue weighted by Crippen LogP contribution is 2.30. The number of carbonyl (C=O) groups is 1. The Kier molecular flexibility index (Phi) is 8.52. The van der Waals surface area contributed by atoms with Gasteiger partial charge in [0.25, 0.3) is 0 Å². The van der Waals surface area contributed by atoms with Gasteiger partial charge in [-0.25, -0.2) is 12.7 Å². The van der Waals surface area contributed by atoms with E-state index >= 15 is 0 Å². The first-order valence-corrected chi connectivity index (χ1v) is 10.8. The van der Waals surface area contributed by atoms with Crippen molar-refractivity contribution < 1.29 is 31.5 Å². The van der Waals surface area contributed by atoms with E-state index in [2.05, 4.69) is 10.1 Å². The summed E-state index contributed by atoms with van der Waals surface area (Å²) in [5, 5.41) is 2.63. The number of hydrogen-bond acceptors (Lipinski definition) is 5. The Hall–Kier alpha value is -2.98. The van der Waals surface area contributed by atoms with Gasteiger partial charge in [0.2, 0.25) is 15.9 Å². The molecule has 0 fully saturated rings. The summed E-state index contributed by atoms with van der Waals surface area (Å²) < 4.78 is 60.6. The molecule has 0 aromatic heterocycles. The molecule has 1 amide bonds. The first kappa shape index (κ1) is 24.3. The van der Waals surface area contributed by atoms with Crippen LogP contribution in [0, 0.1) is 0 Å². The van der Waals surface area contributed by atoms with Gasteiger partial charge in [-0.05, 0) is 42.3 Å². The number of amides is 1. The van der Waals surface area contributed by atoms with Gasteiger partial charge in [0.15, 0.2) is 11.5 Å². The second-order valence-corrected chi connectivity index (χ2v) is 8.58. The molecule has 1 N–H and O–H groups in total. The highest BCUT2D eigenvalue weighted by Gasteiger charge is 2.20. The molecule has 10 heteroatoms. The van der Waals surface area contributed by atoms with Gasteiger partial charge in [0.05, 0.1) is 11.5 Å². The Balaban J connectivity index is 2.10. The van der Waals surface area contributed by atoms with Gasteiger partial charge in [-0.1, -0.05) is 24.3 Å². The van der Waals surface area contributed by atoms with Crippen molar-refractivity contribution in [2.75, 3.05) is 20.7 Å². The van der Waals surface area contributed by atoms with Crippen LogP contribution in [0.15, 0.2) is 53.4 Å². The monoisotopic (exact) mass is 454 g/mol. The van der Waals surface area contributed by atoms with Crippen LogP contribution in [0.25, 0.3) is 6.08 Å². The van der Waals surface area contributed by atoms with Gasteiger partial charge in [0.1, 0.15) is 0 Å². The van der Waals surface area contributed by atoms with Gasteiger partial charge < -0.3 is 14.8 Å². The minimum Gasteiger partial charge on any atom is -0.490 e. The van der Waals surface area contributed by atoms with Crippen molar-refractivity contribution in [1.82, 2.24) is 9.62 Å². The van der Waals surface area contributed by atoms with Gasteiger partial charge in [-0.3, -0.25) is 4.79 Å². The topological polar surface area (TPSA) is 84.9 Å². The standard InChI is InChI=1S/C21H24F2N2O5S/c1-4-29-18-13-15(9-11-17(18)30-21(22)23)10-12-20(26)24-14-16-7-5-6-8-19(16)31(27,28)25(2)3/h5-13,21H,4,14H2,1-3H3,(H,24,26)/b12-10+. The largest absolute Gasteiger partial charge is 0.490 e. The fourth-order valence-electron chi connectivity index (χ4n) is 2.60. The zero-order valence-corrected chi connectivity index (χ0v) is 18.2. The van der Waals surface area contributed by atoms with E-state index in [0.717, 1.165) is 4.31 Å². The number of rotatable bonds is 10. The molecule has 0 heterocycles. The fourth-order valence-corrected chi connectivity index (χ4v) is 3.72. The van der Waals surface area contributed by atoms with Crippen molar-refractivity contribution in [3.63, 3.8) is 0 Å². The Morgan fingerprint density at radius 2 is 1.87 bits per heavy atom. The number of benzene rings is 2. The van der Waals surface area contributed by atoms with Crippen LogP contribution in [0.4, 0.5) is 8.78 Å². The maximum atomic E-state index is 12.5. The average molecular weight is 454 g/mol. The van der Waals surface area contributed by atoms with Crippen LogP contribution in [0.5, 0.6) is 11.5 Å². The van der Waals surface area contributed by atoms with E-state index in [1.165, 1.54) is 50.5 Å². The Morgan fingerprint density at radius 1 is 1.16 bits per heavy atom. The molecule has 0 spiro atoms. The molecule has 0 radical (unpaired) electrons. The molecule has 0 aliphatic carbocycles. The van der Waals surface area contributed by atoms with E-state index in [1.54, 1.807) is 25.1 Å². The summed E-state index contributed by atoms with van der Waals surface area (Å²) in [6.07, 6.45) is 2.73. The molecule has 2 aromatic carbocycles. The van der Waals surface area contributed by atoms with Gasteiger partial charge in [-0.2, -0.15) is 8.78 Å². The zero-order valence-electron chi connectivity index (χ0n) is 17.3. The van der Waals surface area contributed by atoms with Crippen LogP contribution in [0.3, 0.4) is 0 Å². The summed E-state index contributed by atoms with van der Waals surface area (Å²) in [5.41, 5.74) is 0.987. The maximum absolute atomic E-state index is 12.5. The first-order valence-electron chi connectivity index (χ1n) is 9.33. The molecule has 0 atom stereocenters. The quantitative estimate of drug-likeness (QED) is 0.557. The molecule has 2 aromatic rings. The Bertz CT molecular complexity index is 1040. The number of sulfonamides is 1. The van der Waals surface area contributed by atoms with Crippen LogP contribution in [-0.4, -0.2) is 45.9 Å². The average Bonchev–Trinajstić information content (AvgIpc) is 2.72. The van der Waals surface area contributed by atoms with Gasteiger partial charge >= 0.3 is 6.61 Å². The van der Waals surface area contributed by atoms with E-state index < -0.39 is 22.5 Å². The lowest BCUT2D eigenvalue weighted by Gasteiger charge is -2.15. The van der Waals surface area contributed by atoms with Crippen molar-refractivity contribution in [3.8, 4) is 11.5 Å². The summed E-state index contributed by atoms with van der Waals surface area (Å²) in [4.78, 5) is 12.3. The minimum atomic E-state index is -3.65. The molecular formula is C21H24F2N2O5S. The second kappa shape index (κ2) is 10.9. The number of hydrogen-bond donors (Lipinski definition) is 1. The lowest BCUT2D eigenvalue weighted by atomic mass is 10.2.